The van der Waals surface area contributed by atoms with Crippen LogP contribution >= 0.6 is 0 Å². The zero-order valence-electron chi connectivity index (χ0n) is 14.7. The standard InChI is InChI=1S/C12H20N2O9.C2H6O2/c15-9(16)5-13(6-10(17)18)1-3-23-4-2-14(7-11(19)20)8-12(21)22;3-1-2-4/h1-8H2,(H,15,16)(H,17,18)(H,19,20)(H,21,22);3-4H,1-2H2. The molecule has 0 aromatic heterocycles. The Morgan fingerprint density at radius 1 is 0.593 bits per heavy atom. The summed E-state index contributed by atoms with van der Waals surface area (Å²) >= 11 is 0. The average Bonchev–Trinajstić information content (AvgIpc) is 2.52. The molecular formula is C14H26N2O11. The molecule has 0 aromatic rings. The van der Waals surface area contributed by atoms with Crippen LogP contribution in [-0.2, 0) is 23.9 Å². The van der Waals surface area contributed by atoms with Crippen LogP contribution in [0.5, 0.6) is 0 Å². The average molecular weight is 398 g/mol. The van der Waals surface area contributed by atoms with Crippen LogP contribution in [0.2, 0.25) is 0 Å². The van der Waals surface area contributed by atoms with E-state index in [9.17, 15) is 19.2 Å². The van der Waals surface area contributed by atoms with Gasteiger partial charge in [-0.25, -0.2) is 0 Å². The first kappa shape index (κ1) is 26.9. The highest BCUT2D eigenvalue weighted by molar-refractivity contribution is 5.73. The number of hydrogen-bond donors (Lipinski definition) is 6. The molecule has 0 amide bonds. The van der Waals surface area contributed by atoms with E-state index in [0.29, 0.717) is 0 Å². The van der Waals surface area contributed by atoms with Crippen molar-refractivity contribution in [2.24, 2.45) is 0 Å². The lowest BCUT2D eigenvalue weighted by Gasteiger charge is -2.20. The smallest absolute Gasteiger partial charge is 0.317 e. The molecule has 0 radical (unpaired) electrons. The van der Waals surface area contributed by atoms with Crippen molar-refractivity contribution < 1.29 is 54.6 Å². The van der Waals surface area contributed by atoms with Gasteiger partial charge in [-0.15, -0.1) is 0 Å². The zero-order valence-corrected chi connectivity index (χ0v) is 14.7. The molecule has 0 aliphatic heterocycles. The van der Waals surface area contributed by atoms with Crippen molar-refractivity contribution >= 4 is 23.9 Å². The Morgan fingerprint density at radius 2 is 0.852 bits per heavy atom. The molecule has 0 aliphatic carbocycles. The molecule has 6 N–H and O–H groups in total. The maximum atomic E-state index is 10.6. The summed E-state index contributed by atoms with van der Waals surface area (Å²) in [6.45, 7) is -1.82. The van der Waals surface area contributed by atoms with E-state index >= 15 is 0 Å². The van der Waals surface area contributed by atoms with Crippen LogP contribution < -0.4 is 0 Å². The number of ether oxygens (including phenoxy) is 1. The quantitative estimate of drug-likeness (QED) is 0.151. The summed E-state index contributed by atoms with van der Waals surface area (Å²) in [4.78, 5) is 44.7. The summed E-state index contributed by atoms with van der Waals surface area (Å²) in [6.07, 6.45) is 0. The van der Waals surface area contributed by atoms with Gasteiger partial charge in [0, 0.05) is 13.1 Å². The monoisotopic (exact) mass is 398 g/mol. The minimum atomic E-state index is -1.17. The van der Waals surface area contributed by atoms with Gasteiger partial charge in [0.15, 0.2) is 0 Å². The van der Waals surface area contributed by atoms with E-state index in [1.807, 2.05) is 0 Å². The van der Waals surface area contributed by atoms with Crippen LogP contribution in [0.25, 0.3) is 0 Å². The van der Waals surface area contributed by atoms with Gasteiger partial charge in [-0.2, -0.15) is 0 Å². The predicted octanol–water partition coefficient (Wildman–Crippen LogP) is -3.08. The second-order valence-corrected chi connectivity index (χ2v) is 5.06. The summed E-state index contributed by atoms with van der Waals surface area (Å²) in [5, 5.41) is 49.8. The van der Waals surface area contributed by atoms with Gasteiger partial charge in [-0.05, 0) is 0 Å². The molecule has 0 saturated heterocycles. The van der Waals surface area contributed by atoms with Crippen LogP contribution in [0.4, 0.5) is 0 Å². The van der Waals surface area contributed by atoms with Crippen molar-refractivity contribution in [2.75, 3.05) is 65.7 Å². The molecule has 0 fully saturated rings. The molecule has 0 unspecified atom stereocenters. The van der Waals surface area contributed by atoms with E-state index in [2.05, 4.69) is 0 Å². The predicted molar refractivity (Wildman–Crippen MR) is 88.4 cm³/mol. The van der Waals surface area contributed by atoms with Gasteiger partial charge in [0.2, 0.25) is 0 Å². The Labute approximate surface area is 155 Å². The van der Waals surface area contributed by atoms with E-state index in [4.69, 9.17) is 35.4 Å². The number of aliphatic carboxylic acids is 4. The maximum absolute atomic E-state index is 10.6. The Morgan fingerprint density at radius 3 is 1.04 bits per heavy atom. The van der Waals surface area contributed by atoms with Crippen LogP contribution in [0.3, 0.4) is 0 Å². The number of carbonyl (C=O) groups is 4. The molecule has 158 valence electrons. The van der Waals surface area contributed by atoms with E-state index in [1.54, 1.807) is 0 Å². The topological polar surface area (TPSA) is 205 Å². The van der Waals surface area contributed by atoms with Gasteiger partial charge in [-0.3, -0.25) is 29.0 Å². The Kier molecular flexibility index (Phi) is 17.1. The lowest BCUT2D eigenvalue weighted by molar-refractivity contribution is -0.143. The molecule has 0 rings (SSSR count). The van der Waals surface area contributed by atoms with Gasteiger partial charge in [0.25, 0.3) is 0 Å². The summed E-state index contributed by atoms with van der Waals surface area (Å²) in [6, 6.07) is 0. The summed E-state index contributed by atoms with van der Waals surface area (Å²) in [5.41, 5.74) is 0. The lowest BCUT2D eigenvalue weighted by Crippen LogP contribution is -2.38. The van der Waals surface area contributed by atoms with E-state index < -0.39 is 50.1 Å². The van der Waals surface area contributed by atoms with Gasteiger partial charge in [0.1, 0.15) is 0 Å². The molecule has 0 aromatic carbocycles. The molecule has 13 heteroatoms. The minimum Gasteiger partial charge on any atom is -0.480 e. The van der Waals surface area contributed by atoms with Crippen molar-refractivity contribution in [3.05, 3.63) is 0 Å². The van der Waals surface area contributed by atoms with Crippen LogP contribution in [0.15, 0.2) is 0 Å². The van der Waals surface area contributed by atoms with Crippen molar-refractivity contribution in [1.29, 1.82) is 0 Å². The third kappa shape index (κ3) is 21.6. The van der Waals surface area contributed by atoms with Gasteiger partial charge < -0.3 is 35.4 Å². The fraction of sp³-hybridized carbons (Fsp3) is 0.714. The molecule has 13 nitrogen and oxygen atoms in total. The molecule has 0 spiro atoms. The first-order valence-electron chi connectivity index (χ1n) is 7.73. The fourth-order valence-corrected chi connectivity index (χ4v) is 1.68. The van der Waals surface area contributed by atoms with Gasteiger partial charge in [-0.1, -0.05) is 0 Å². The van der Waals surface area contributed by atoms with Crippen molar-refractivity contribution in [3.63, 3.8) is 0 Å². The van der Waals surface area contributed by atoms with Crippen LogP contribution in [0.1, 0.15) is 0 Å². The Balaban J connectivity index is 0. The van der Waals surface area contributed by atoms with Crippen molar-refractivity contribution in [2.45, 2.75) is 0 Å². The van der Waals surface area contributed by atoms with Gasteiger partial charge in [0.05, 0.1) is 52.6 Å². The highest BCUT2D eigenvalue weighted by atomic mass is 16.5. The van der Waals surface area contributed by atoms with Crippen LogP contribution in [-0.4, -0.2) is 130 Å². The molecule has 0 heterocycles. The third-order valence-electron chi connectivity index (χ3n) is 2.64. The number of aliphatic hydroxyl groups is 2. The SMILES string of the molecule is O=C(O)CN(CCOCCN(CC(=O)O)CC(=O)O)CC(=O)O.OCCO. The molecule has 0 bridgehead atoms. The highest BCUT2D eigenvalue weighted by Crippen LogP contribution is 1.92. The molecule has 0 aliphatic rings. The highest BCUT2D eigenvalue weighted by Gasteiger charge is 2.14. The second-order valence-electron chi connectivity index (χ2n) is 5.06. The number of carboxylic acid groups (broad SMARTS) is 4. The summed E-state index contributed by atoms with van der Waals surface area (Å²) in [5.74, 6) is -4.67. The maximum Gasteiger partial charge on any atom is 0.317 e. The third-order valence-corrected chi connectivity index (χ3v) is 2.64. The number of aliphatic hydroxyl groups excluding tert-OH is 2. The number of rotatable bonds is 15. The van der Waals surface area contributed by atoms with E-state index in [-0.39, 0.29) is 39.5 Å². The van der Waals surface area contributed by atoms with Crippen molar-refractivity contribution in [1.82, 2.24) is 9.80 Å². The normalized spacial score (nSPS) is 10.4. The Bertz CT molecular complexity index is 386. The number of nitrogens with zero attached hydrogens (tertiary/aromatic N) is 2. The first-order valence-corrected chi connectivity index (χ1v) is 7.73. The Hall–Kier alpha value is -2.32. The number of carboxylic acids is 4. The number of hydrogen-bond acceptors (Lipinski definition) is 9. The summed E-state index contributed by atoms with van der Waals surface area (Å²) < 4.78 is 5.17. The van der Waals surface area contributed by atoms with Crippen molar-refractivity contribution in [3.8, 4) is 0 Å². The summed E-state index contributed by atoms with van der Waals surface area (Å²) in [7, 11) is 0. The fourth-order valence-electron chi connectivity index (χ4n) is 1.68. The molecule has 27 heavy (non-hydrogen) atoms. The zero-order chi connectivity index (χ0) is 21.2. The minimum absolute atomic E-state index is 0.0363. The molecule has 0 atom stereocenters. The van der Waals surface area contributed by atoms with Gasteiger partial charge >= 0.3 is 23.9 Å². The largest absolute Gasteiger partial charge is 0.480 e. The molecular weight excluding hydrogens is 372 g/mol. The van der Waals surface area contributed by atoms with E-state index in [0.717, 1.165) is 9.80 Å². The van der Waals surface area contributed by atoms with Crippen LogP contribution in [0, 0.1) is 0 Å². The van der Waals surface area contributed by atoms with E-state index in [1.165, 1.54) is 0 Å². The lowest BCUT2D eigenvalue weighted by atomic mass is 10.4. The first-order chi connectivity index (χ1) is 12.6. The second kappa shape index (κ2) is 17.1. The molecule has 0 saturated carbocycles.